The number of amides is 1. The van der Waals surface area contributed by atoms with Gasteiger partial charge in [-0.3, -0.25) is 9.78 Å². The van der Waals surface area contributed by atoms with E-state index in [4.69, 9.17) is 4.74 Å². The van der Waals surface area contributed by atoms with Crippen LogP contribution < -0.4 is 10.6 Å². The highest BCUT2D eigenvalue weighted by Gasteiger charge is 2.38. The lowest BCUT2D eigenvalue weighted by Gasteiger charge is -2.41. The van der Waals surface area contributed by atoms with Crippen molar-refractivity contribution in [3.05, 3.63) is 84.0 Å². The quantitative estimate of drug-likeness (QED) is 0.246. The number of methoxy groups -OCH3 is 1. The Morgan fingerprint density at radius 2 is 1.95 bits per heavy atom. The summed E-state index contributed by atoms with van der Waals surface area (Å²) in [6.07, 6.45) is 8.27. The number of hydrogen-bond acceptors (Lipinski definition) is 10. The van der Waals surface area contributed by atoms with E-state index >= 15 is 4.39 Å². The first-order valence-electron chi connectivity index (χ1n) is 13.3. The molecule has 0 saturated carbocycles. The summed E-state index contributed by atoms with van der Waals surface area (Å²) in [7, 11) is 1.70. The minimum atomic E-state index is -0.653. The van der Waals surface area contributed by atoms with Crippen molar-refractivity contribution in [1.82, 2.24) is 30.2 Å². The molecule has 0 bridgehead atoms. The molecule has 5 heterocycles. The minimum Gasteiger partial charge on any atom is -0.383 e. The van der Waals surface area contributed by atoms with Crippen LogP contribution in [-0.2, 0) is 10.2 Å². The number of anilines is 2. The molecule has 1 fully saturated rings. The van der Waals surface area contributed by atoms with Gasteiger partial charge < -0.3 is 20.3 Å². The monoisotopic (exact) mass is 593 g/mol. The predicted molar refractivity (Wildman–Crippen MR) is 158 cm³/mol. The normalized spacial score (nSPS) is 15.0. The number of ether oxygens (including phenoxy) is 1. The van der Waals surface area contributed by atoms with Crippen LogP contribution in [0.1, 0.15) is 34.6 Å². The van der Waals surface area contributed by atoms with E-state index in [0.717, 1.165) is 47.9 Å². The number of halogens is 1. The number of rotatable bonds is 11. The van der Waals surface area contributed by atoms with E-state index in [2.05, 4.69) is 35.5 Å². The predicted octanol–water partition coefficient (Wildman–Crippen LogP) is 5.08. The Hall–Kier alpha value is -3.45. The van der Waals surface area contributed by atoms with Crippen LogP contribution in [0.2, 0.25) is 0 Å². The molecule has 1 aliphatic heterocycles. The van der Waals surface area contributed by atoms with Gasteiger partial charge in [0.15, 0.2) is 16.6 Å². The molecule has 0 aromatic carbocycles. The molecule has 1 aliphatic rings. The molecule has 5 rings (SSSR count). The van der Waals surface area contributed by atoms with Gasteiger partial charge in [0.2, 0.25) is 0 Å². The Labute approximate surface area is 247 Å². The summed E-state index contributed by atoms with van der Waals surface area (Å²) < 4.78 is 21.5. The number of carbonyl (C=O) groups is 1. The summed E-state index contributed by atoms with van der Waals surface area (Å²) in [5.41, 5.74) is 1.44. The third kappa shape index (κ3) is 7.25. The maximum Gasteiger partial charge on any atom is 0.273 e. The summed E-state index contributed by atoms with van der Waals surface area (Å²) >= 11 is 2.58. The summed E-state index contributed by atoms with van der Waals surface area (Å²) in [6.45, 7) is 5.59. The molecular weight excluding hydrogens is 561 g/mol. The zero-order chi connectivity index (χ0) is 28.7. The van der Waals surface area contributed by atoms with Crippen molar-refractivity contribution in [2.75, 3.05) is 45.2 Å². The van der Waals surface area contributed by atoms with Crippen LogP contribution in [0.25, 0.3) is 0 Å². The number of nitrogens with one attached hydrogen (secondary N) is 2. The van der Waals surface area contributed by atoms with Gasteiger partial charge in [-0.1, -0.05) is 29.2 Å². The fourth-order valence-electron chi connectivity index (χ4n) is 4.81. The number of aryl methyl sites for hydroxylation is 1. The topological polar surface area (TPSA) is 105 Å². The number of pyridine rings is 3. The maximum atomic E-state index is 15.5. The highest BCUT2D eigenvalue weighted by Crippen LogP contribution is 2.37. The van der Waals surface area contributed by atoms with Gasteiger partial charge in [-0.15, -0.1) is 0 Å². The average Bonchev–Trinajstić information content (AvgIpc) is 3.43. The number of piperidine rings is 1. The van der Waals surface area contributed by atoms with Crippen LogP contribution in [0.15, 0.2) is 70.3 Å². The first kappa shape index (κ1) is 29.1. The van der Waals surface area contributed by atoms with Gasteiger partial charge >= 0.3 is 0 Å². The van der Waals surface area contributed by atoms with E-state index in [-0.39, 0.29) is 11.1 Å². The first-order valence-corrected chi connectivity index (χ1v) is 15.0. The van der Waals surface area contributed by atoms with Crippen molar-refractivity contribution >= 4 is 40.0 Å². The molecule has 2 N–H and O–H groups in total. The van der Waals surface area contributed by atoms with Gasteiger partial charge in [0.25, 0.3) is 5.91 Å². The van der Waals surface area contributed by atoms with Gasteiger partial charge in [0.1, 0.15) is 5.82 Å². The van der Waals surface area contributed by atoms with Gasteiger partial charge in [-0.05, 0) is 68.8 Å². The lowest BCUT2D eigenvalue weighted by atomic mass is 9.75. The van der Waals surface area contributed by atoms with Gasteiger partial charge in [0, 0.05) is 49.9 Å². The summed E-state index contributed by atoms with van der Waals surface area (Å²) in [4.78, 5) is 33.3. The molecule has 4 aromatic heterocycles. The van der Waals surface area contributed by atoms with Crippen molar-refractivity contribution in [1.29, 1.82) is 0 Å². The standard InChI is InChI=1S/C29H32FN7O2S2/c1-20-6-11-32-23(17-20)36-28-34-18-24(41-28)40-21-7-12-33-26(25(21)30)27(38)35-19-29(22-5-3-4-10-31-22)8-13-37(14-9-29)15-16-39-2/h3-7,10-12,17-18H,8-9,13-16,19H2,1-2H3,(H,35,38)(H,32,34,36). The highest BCUT2D eigenvalue weighted by molar-refractivity contribution is 8.01. The summed E-state index contributed by atoms with van der Waals surface area (Å²) in [6, 6.07) is 11.2. The van der Waals surface area contributed by atoms with Crippen molar-refractivity contribution in [2.24, 2.45) is 0 Å². The molecule has 0 spiro atoms. The number of aromatic nitrogens is 4. The minimum absolute atomic E-state index is 0.226. The average molecular weight is 594 g/mol. The Kier molecular flexibility index (Phi) is 9.55. The number of hydrogen-bond donors (Lipinski definition) is 2. The molecule has 4 aromatic rings. The second-order valence-electron chi connectivity index (χ2n) is 9.91. The molecule has 0 radical (unpaired) electrons. The van der Waals surface area contributed by atoms with E-state index in [1.54, 1.807) is 31.8 Å². The Balaban J connectivity index is 1.26. The number of thiazole rings is 1. The van der Waals surface area contributed by atoms with Gasteiger partial charge in [0.05, 0.1) is 21.9 Å². The third-order valence-electron chi connectivity index (χ3n) is 7.13. The molecule has 0 unspecified atom stereocenters. The largest absolute Gasteiger partial charge is 0.383 e. The van der Waals surface area contributed by atoms with E-state index in [0.29, 0.717) is 29.0 Å². The molecule has 1 amide bonds. The molecule has 0 atom stereocenters. The highest BCUT2D eigenvalue weighted by atomic mass is 32.2. The molecule has 9 nitrogen and oxygen atoms in total. The Morgan fingerprint density at radius 1 is 1.12 bits per heavy atom. The fraction of sp³-hybridized carbons (Fsp3) is 0.345. The molecule has 1 saturated heterocycles. The SMILES string of the molecule is COCCN1CCC(CNC(=O)c2nccc(Sc3cnc(Nc4cc(C)ccn4)s3)c2F)(c2ccccn2)CC1. The zero-order valence-corrected chi connectivity index (χ0v) is 24.6. The number of nitrogens with zero attached hydrogens (tertiary/aromatic N) is 5. The van der Waals surface area contributed by atoms with E-state index in [9.17, 15) is 4.79 Å². The second kappa shape index (κ2) is 13.5. The third-order valence-corrected chi connectivity index (χ3v) is 9.18. The van der Waals surface area contributed by atoms with Crippen LogP contribution in [0.3, 0.4) is 0 Å². The molecular formula is C29H32FN7O2S2. The fourth-order valence-corrected chi connectivity index (χ4v) is 6.68. The van der Waals surface area contributed by atoms with Crippen molar-refractivity contribution < 1.29 is 13.9 Å². The summed E-state index contributed by atoms with van der Waals surface area (Å²) in [5.74, 6) is -0.507. The molecule has 0 aliphatic carbocycles. The van der Waals surface area contributed by atoms with Crippen LogP contribution in [0, 0.1) is 12.7 Å². The van der Waals surface area contributed by atoms with E-state index < -0.39 is 11.7 Å². The van der Waals surface area contributed by atoms with Crippen molar-refractivity contribution in [3.63, 3.8) is 0 Å². The smallest absolute Gasteiger partial charge is 0.273 e. The van der Waals surface area contributed by atoms with Crippen molar-refractivity contribution in [2.45, 2.75) is 34.3 Å². The molecule has 41 heavy (non-hydrogen) atoms. The van der Waals surface area contributed by atoms with E-state index in [1.807, 2.05) is 37.3 Å². The number of likely N-dealkylation sites (tertiary alicyclic amines) is 1. The molecule has 12 heteroatoms. The Bertz CT molecular complexity index is 1460. The van der Waals surface area contributed by atoms with Crippen LogP contribution in [0.4, 0.5) is 15.3 Å². The molecule has 214 valence electrons. The van der Waals surface area contributed by atoms with Crippen LogP contribution in [-0.4, -0.2) is 70.6 Å². The second-order valence-corrected chi connectivity index (χ2v) is 12.3. The van der Waals surface area contributed by atoms with Crippen LogP contribution >= 0.6 is 23.1 Å². The van der Waals surface area contributed by atoms with E-state index in [1.165, 1.54) is 29.3 Å². The van der Waals surface area contributed by atoms with Gasteiger partial charge in [-0.2, -0.15) is 0 Å². The number of carbonyl (C=O) groups excluding carboxylic acids is 1. The maximum absolute atomic E-state index is 15.5. The Morgan fingerprint density at radius 3 is 2.71 bits per heavy atom. The van der Waals surface area contributed by atoms with Crippen LogP contribution in [0.5, 0.6) is 0 Å². The van der Waals surface area contributed by atoms with Gasteiger partial charge in [-0.25, -0.2) is 19.3 Å². The first-order chi connectivity index (χ1) is 20.0. The zero-order valence-electron chi connectivity index (χ0n) is 23.0. The summed E-state index contributed by atoms with van der Waals surface area (Å²) in [5, 5.41) is 6.79. The lowest BCUT2D eigenvalue weighted by Crippen LogP contribution is -2.50. The lowest BCUT2D eigenvalue weighted by molar-refractivity contribution is 0.0884. The van der Waals surface area contributed by atoms with Crippen molar-refractivity contribution in [3.8, 4) is 0 Å².